The van der Waals surface area contributed by atoms with Gasteiger partial charge in [-0.3, -0.25) is 10.1 Å². The molecule has 4 N–H and O–H groups in total. The molecule has 0 aliphatic heterocycles. The first-order valence-corrected chi connectivity index (χ1v) is 6.23. The molecular weight excluding hydrogens is 254 g/mol. The van der Waals surface area contributed by atoms with Gasteiger partial charge in [-0.1, -0.05) is 12.1 Å². The number of para-hydroxylation sites is 1. The molecule has 6 heteroatoms. The summed E-state index contributed by atoms with van der Waals surface area (Å²) in [5, 5.41) is 25.0. The van der Waals surface area contributed by atoms with Gasteiger partial charge in [0, 0.05) is 18.3 Å². The minimum absolute atomic E-state index is 0.212. The number of nitrogens with zero attached hydrogens (tertiary/aromatic N) is 3. The average Bonchev–Trinajstić information content (AvgIpc) is 2.80. The highest BCUT2D eigenvalue weighted by Crippen LogP contribution is 2.14. The third-order valence-electron chi connectivity index (χ3n) is 2.86. The summed E-state index contributed by atoms with van der Waals surface area (Å²) in [4.78, 5) is 4.25. The molecule has 0 unspecified atom stereocenters. The maximum atomic E-state index is 9.56. The van der Waals surface area contributed by atoms with Crippen molar-refractivity contribution < 1.29 is 5.11 Å². The number of aromatic amines is 1. The Labute approximate surface area is 116 Å². The third-order valence-corrected chi connectivity index (χ3v) is 2.86. The molecule has 0 aliphatic carbocycles. The molecule has 0 atom stereocenters. The smallest absolute Gasteiger partial charge is 0.163 e. The third kappa shape index (κ3) is 3.14. The molecule has 0 saturated carbocycles. The summed E-state index contributed by atoms with van der Waals surface area (Å²) in [5.74, 6) is 0.449. The van der Waals surface area contributed by atoms with Crippen LogP contribution in [-0.2, 0) is 6.42 Å². The van der Waals surface area contributed by atoms with Crippen molar-refractivity contribution in [3.63, 3.8) is 0 Å². The highest BCUT2D eigenvalue weighted by molar-refractivity contribution is 5.83. The van der Waals surface area contributed by atoms with E-state index in [9.17, 15) is 5.11 Å². The van der Waals surface area contributed by atoms with Crippen LogP contribution < -0.4 is 5.73 Å². The number of aromatic hydroxyl groups is 1. The molecule has 1 aromatic heterocycles. The number of aryl methyl sites for hydroxylation is 1. The van der Waals surface area contributed by atoms with Crippen molar-refractivity contribution in [3.8, 4) is 11.8 Å². The van der Waals surface area contributed by atoms with E-state index in [-0.39, 0.29) is 11.6 Å². The normalized spacial score (nSPS) is 10.8. The highest BCUT2D eigenvalue weighted by atomic mass is 16.3. The highest BCUT2D eigenvalue weighted by Gasteiger charge is 2.08. The van der Waals surface area contributed by atoms with Crippen molar-refractivity contribution in [2.45, 2.75) is 12.8 Å². The first-order chi connectivity index (χ1) is 9.72. The molecule has 6 nitrogen and oxygen atoms in total. The van der Waals surface area contributed by atoms with E-state index in [0.29, 0.717) is 24.1 Å². The Kier molecular flexibility index (Phi) is 4.35. The number of anilines is 1. The molecular formula is C14H15N5O. The Balaban J connectivity index is 1.85. The molecule has 0 bridgehead atoms. The Bertz CT molecular complexity index is 654. The molecule has 2 aromatic rings. The van der Waals surface area contributed by atoms with Crippen molar-refractivity contribution in [3.05, 3.63) is 41.1 Å². The summed E-state index contributed by atoms with van der Waals surface area (Å²) in [6.07, 6.45) is 3.06. The van der Waals surface area contributed by atoms with Crippen LogP contribution in [0.1, 0.15) is 23.2 Å². The van der Waals surface area contributed by atoms with Gasteiger partial charge in [0.1, 0.15) is 17.4 Å². The number of nitrogens with two attached hydrogens (primary N) is 1. The van der Waals surface area contributed by atoms with Gasteiger partial charge < -0.3 is 10.8 Å². The van der Waals surface area contributed by atoms with Gasteiger partial charge in [-0.25, -0.2) is 0 Å². The summed E-state index contributed by atoms with van der Waals surface area (Å²) in [7, 11) is 0. The van der Waals surface area contributed by atoms with E-state index in [0.717, 1.165) is 12.1 Å². The molecule has 1 aromatic carbocycles. The van der Waals surface area contributed by atoms with Crippen LogP contribution in [0.3, 0.4) is 0 Å². The molecule has 20 heavy (non-hydrogen) atoms. The number of nitrogen functional groups attached to an aromatic ring is 1. The molecule has 0 amide bonds. The maximum Gasteiger partial charge on any atom is 0.163 e. The zero-order valence-corrected chi connectivity index (χ0v) is 10.9. The second-order valence-electron chi connectivity index (χ2n) is 4.27. The molecule has 102 valence electrons. The van der Waals surface area contributed by atoms with E-state index in [1.165, 1.54) is 0 Å². The molecule has 0 saturated heterocycles. The number of nitriles is 1. The second kappa shape index (κ2) is 6.38. The molecule has 0 spiro atoms. The first-order valence-electron chi connectivity index (χ1n) is 6.23. The van der Waals surface area contributed by atoms with Crippen molar-refractivity contribution in [1.82, 2.24) is 10.2 Å². The second-order valence-corrected chi connectivity index (χ2v) is 4.27. The fraction of sp³-hybridized carbons (Fsp3) is 0.214. The Morgan fingerprint density at radius 3 is 3.00 bits per heavy atom. The zero-order chi connectivity index (χ0) is 14.4. The Morgan fingerprint density at radius 1 is 1.45 bits per heavy atom. The standard InChI is InChI=1S/C14H15N5O/c15-8-11-12(18-19-14(11)16)5-3-7-17-9-10-4-1-2-6-13(10)20/h1-2,4,6,9,20H,3,5,7H2,(H3,16,18,19). The van der Waals surface area contributed by atoms with E-state index < -0.39 is 0 Å². The number of aliphatic imine (C=N–C) groups is 1. The Hall–Kier alpha value is -2.81. The SMILES string of the molecule is N#Cc1c(N)n[nH]c1CCCN=Cc1ccccc1O. The first kappa shape index (κ1) is 13.6. The van der Waals surface area contributed by atoms with Crippen LogP contribution >= 0.6 is 0 Å². The molecule has 0 radical (unpaired) electrons. The monoisotopic (exact) mass is 269 g/mol. The Morgan fingerprint density at radius 2 is 2.25 bits per heavy atom. The zero-order valence-electron chi connectivity index (χ0n) is 10.9. The minimum Gasteiger partial charge on any atom is -0.507 e. The number of nitrogens with one attached hydrogen (secondary N) is 1. The van der Waals surface area contributed by atoms with Crippen molar-refractivity contribution in [1.29, 1.82) is 5.26 Å². The number of phenols is 1. The quantitative estimate of drug-likeness (QED) is 0.565. The lowest BCUT2D eigenvalue weighted by atomic mass is 10.1. The predicted molar refractivity (Wildman–Crippen MR) is 76.6 cm³/mol. The fourth-order valence-electron chi connectivity index (χ4n) is 1.81. The van der Waals surface area contributed by atoms with Crippen molar-refractivity contribution in [2.24, 2.45) is 4.99 Å². The fourth-order valence-corrected chi connectivity index (χ4v) is 1.81. The van der Waals surface area contributed by atoms with Crippen molar-refractivity contribution in [2.75, 3.05) is 12.3 Å². The van der Waals surface area contributed by atoms with Gasteiger partial charge in [0.2, 0.25) is 0 Å². The van der Waals surface area contributed by atoms with E-state index >= 15 is 0 Å². The molecule has 2 rings (SSSR count). The lowest BCUT2D eigenvalue weighted by Gasteiger charge is -1.98. The van der Waals surface area contributed by atoms with E-state index in [2.05, 4.69) is 15.2 Å². The van der Waals surface area contributed by atoms with Crippen LogP contribution in [0.15, 0.2) is 29.3 Å². The van der Waals surface area contributed by atoms with Crippen LogP contribution in [0.2, 0.25) is 0 Å². The van der Waals surface area contributed by atoms with Gasteiger partial charge in [0.25, 0.3) is 0 Å². The predicted octanol–water partition coefficient (Wildman–Crippen LogP) is 1.62. The number of hydrogen-bond donors (Lipinski definition) is 3. The summed E-state index contributed by atoms with van der Waals surface area (Å²) in [6, 6.07) is 9.04. The molecule has 0 fully saturated rings. The van der Waals surface area contributed by atoms with Crippen LogP contribution in [0.25, 0.3) is 0 Å². The van der Waals surface area contributed by atoms with Gasteiger partial charge in [-0.05, 0) is 25.0 Å². The largest absolute Gasteiger partial charge is 0.507 e. The van der Waals surface area contributed by atoms with Gasteiger partial charge in [0.15, 0.2) is 5.82 Å². The number of phenolic OH excluding ortho intramolecular Hbond substituents is 1. The van der Waals surface area contributed by atoms with Gasteiger partial charge in [0.05, 0.1) is 5.69 Å². The average molecular weight is 269 g/mol. The number of benzene rings is 1. The van der Waals surface area contributed by atoms with Crippen LogP contribution in [0.5, 0.6) is 5.75 Å². The number of H-pyrrole nitrogens is 1. The molecule has 1 heterocycles. The summed E-state index contributed by atoms with van der Waals surface area (Å²) in [6.45, 7) is 0.595. The van der Waals surface area contributed by atoms with E-state index in [1.54, 1.807) is 24.4 Å². The van der Waals surface area contributed by atoms with Gasteiger partial charge in [-0.2, -0.15) is 10.4 Å². The van der Waals surface area contributed by atoms with E-state index in [4.69, 9.17) is 11.0 Å². The number of rotatable bonds is 5. The maximum absolute atomic E-state index is 9.56. The van der Waals surface area contributed by atoms with Crippen LogP contribution in [0, 0.1) is 11.3 Å². The summed E-state index contributed by atoms with van der Waals surface area (Å²) < 4.78 is 0. The van der Waals surface area contributed by atoms with E-state index in [1.807, 2.05) is 12.1 Å². The van der Waals surface area contributed by atoms with Gasteiger partial charge in [-0.15, -0.1) is 0 Å². The van der Waals surface area contributed by atoms with Gasteiger partial charge >= 0.3 is 0 Å². The topological polar surface area (TPSA) is 111 Å². The van der Waals surface area contributed by atoms with Crippen LogP contribution in [0.4, 0.5) is 5.82 Å². The molecule has 0 aliphatic rings. The number of aromatic nitrogens is 2. The summed E-state index contributed by atoms with van der Waals surface area (Å²) >= 11 is 0. The minimum atomic E-state index is 0.212. The number of hydrogen-bond acceptors (Lipinski definition) is 5. The lowest BCUT2D eigenvalue weighted by Crippen LogP contribution is -1.94. The van der Waals surface area contributed by atoms with Crippen molar-refractivity contribution >= 4 is 12.0 Å². The summed E-state index contributed by atoms with van der Waals surface area (Å²) in [5.41, 5.74) is 7.39. The lowest BCUT2D eigenvalue weighted by molar-refractivity contribution is 0.474. The van der Waals surface area contributed by atoms with Crippen LogP contribution in [-0.4, -0.2) is 28.1 Å².